The molecule has 0 aliphatic carbocycles. The van der Waals surface area contributed by atoms with Crippen molar-refractivity contribution in [3.63, 3.8) is 0 Å². The smallest absolute Gasteiger partial charge is 0.232 e. The second kappa shape index (κ2) is 10.8. The molecule has 0 saturated carbocycles. The summed E-state index contributed by atoms with van der Waals surface area (Å²) >= 11 is 0. The SMILES string of the molecule is CC(C)CNCC(C)Oc1ccc2ncc(-c3cc4ccccc4o3)n2n1.c1ccccc1. The summed E-state index contributed by atoms with van der Waals surface area (Å²) < 4.78 is 13.7. The minimum Gasteiger partial charge on any atom is -0.472 e. The standard InChI is InChI=1S/C21H24N4O2.C6H6/c1-14(2)11-22-12-15(3)26-21-9-8-20-23-13-17(25(20)24-21)19-10-16-6-4-5-7-18(16)27-19;1-2-4-6-5-3-1/h4-10,13-15,22H,11-12H2,1-3H3;1-6H. The van der Waals surface area contributed by atoms with Crippen molar-refractivity contribution in [2.24, 2.45) is 5.92 Å². The number of imidazole rings is 1. The van der Waals surface area contributed by atoms with Gasteiger partial charge in [-0.05, 0) is 37.6 Å². The Hall–Kier alpha value is -3.64. The summed E-state index contributed by atoms with van der Waals surface area (Å²) in [5.74, 6) is 1.92. The molecule has 170 valence electrons. The molecule has 0 spiro atoms. The maximum atomic E-state index is 5.97. The number of fused-ring (bicyclic) bond motifs is 2. The van der Waals surface area contributed by atoms with E-state index in [4.69, 9.17) is 9.15 Å². The van der Waals surface area contributed by atoms with Gasteiger partial charge < -0.3 is 14.5 Å². The first-order chi connectivity index (χ1) is 16.1. The van der Waals surface area contributed by atoms with E-state index in [1.54, 1.807) is 10.7 Å². The van der Waals surface area contributed by atoms with Crippen LogP contribution in [0, 0.1) is 5.92 Å². The minimum atomic E-state index is 0.0203. The number of aromatic nitrogens is 3. The van der Waals surface area contributed by atoms with E-state index in [9.17, 15) is 0 Å². The molecule has 0 fully saturated rings. The van der Waals surface area contributed by atoms with Gasteiger partial charge in [-0.25, -0.2) is 9.50 Å². The highest BCUT2D eigenvalue weighted by molar-refractivity contribution is 5.82. The van der Waals surface area contributed by atoms with Gasteiger partial charge in [-0.3, -0.25) is 0 Å². The molecule has 2 aromatic carbocycles. The van der Waals surface area contributed by atoms with Crippen LogP contribution in [-0.4, -0.2) is 33.8 Å². The molecule has 0 radical (unpaired) electrons. The molecule has 0 amide bonds. The summed E-state index contributed by atoms with van der Waals surface area (Å²) in [6.07, 6.45) is 1.80. The van der Waals surface area contributed by atoms with Crippen molar-refractivity contribution in [1.29, 1.82) is 0 Å². The van der Waals surface area contributed by atoms with Gasteiger partial charge in [0.25, 0.3) is 0 Å². The lowest BCUT2D eigenvalue weighted by molar-refractivity contribution is 0.204. The molecule has 5 aromatic rings. The van der Waals surface area contributed by atoms with E-state index < -0.39 is 0 Å². The number of nitrogens with zero attached hydrogens (tertiary/aromatic N) is 3. The van der Waals surface area contributed by atoms with Crippen LogP contribution in [0.2, 0.25) is 0 Å². The average molecular weight is 443 g/mol. The van der Waals surface area contributed by atoms with Crippen LogP contribution < -0.4 is 10.1 Å². The summed E-state index contributed by atoms with van der Waals surface area (Å²) in [6.45, 7) is 8.16. The Kier molecular flexibility index (Phi) is 7.37. The van der Waals surface area contributed by atoms with Crippen LogP contribution in [0.4, 0.5) is 0 Å². The normalized spacial score (nSPS) is 12.0. The van der Waals surface area contributed by atoms with Gasteiger partial charge in [0.1, 0.15) is 17.4 Å². The second-order valence-corrected chi connectivity index (χ2v) is 8.37. The fraction of sp³-hybridized carbons (Fsp3) is 0.259. The van der Waals surface area contributed by atoms with E-state index >= 15 is 0 Å². The number of rotatable bonds is 7. The Morgan fingerprint density at radius 3 is 2.33 bits per heavy atom. The van der Waals surface area contributed by atoms with Gasteiger partial charge in [-0.15, -0.1) is 5.10 Å². The van der Waals surface area contributed by atoms with Gasteiger partial charge >= 0.3 is 0 Å². The van der Waals surface area contributed by atoms with Crippen LogP contribution in [0.3, 0.4) is 0 Å². The number of benzene rings is 2. The van der Waals surface area contributed by atoms with Crippen molar-refractivity contribution in [3.05, 3.63) is 85.1 Å². The van der Waals surface area contributed by atoms with Crippen LogP contribution in [0.25, 0.3) is 28.1 Å². The molecule has 0 bridgehead atoms. The minimum absolute atomic E-state index is 0.0203. The van der Waals surface area contributed by atoms with Crippen LogP contribution in [0.15, 0.2) is 89.5 Å². The number of para-hydroxylation sites is 1. The van der Waals surface area contributed by atoms with Crippen LogP contribution >= 0.6 is 0 Å². The molecule has 3 heterocycles. The van der Waals surface area contributed by atoms with Gasteiger partial charge in [0.2, 0.25) is 5.88 Å². The summed E-state index contributed by atoms with van der Waals surface area (Å²) in [6, 6.07) is 25.7. The van der Waals surface area contributed by atoms with Crippen LogP contribution in [-0.2, 0) is 0 Å². The monoisotopic (exact) mass is 442 g/mol. The number of furan rings is 1. The molecule has 5 rings (SSSR count). The highest BCUT2D eigenvalue weighted by Gasteiger charge is 2.14. The van der Waals surface area contributed by atoms with Gasteiger partial charge in [0, 0.05) is 18.0 Å². The zero-order valence-electron chi connectivity index (χ0n) is 19.3. The molecule has 0 aliphatic heterocycles. The van der Waals surface area contributed by atoms with E-state index in [1.165, 1.54) is 0 Å². The highest BCUT2D eigenvalue weighted by Crippen LogP contribution is 2.28. The maximum Gasteiger partial charge on any atom is 0.232 e. The molecule has 1 N–H and O–H groups in total. The topological polar surface area (TPSA) is 64.6 Å². The van der Waals surface area contributed by atoms with E-state index in [1.807, 2.05) is 85.8 Å². The van der Waals surface area contributed by atoms with Crippen molar-refractivity contribution in [3.8, 4) is 17.3 Å². The van der Waals surface area contributed by atoms with Gasteiger partial charge in [-0.2, -0.15) is 0 Å². The number of hydrogen-bond donors (Lipinski definition) is 1. The fourth-order valence-electron chi connectivity index (χ4n) is 3.40. The van der Waals surface area contributed by atoms with Crippen molar-refractivity contribution in [2.45, 2.75) is 26.9 Å². The van der Waals surface area contributed by atoms with E-state index in [0.717, 1.165) is 41.2 Å². The first kappa shape index (κ1) is 22.6. The molecule has 1 atom stereocenters. The largest absolute Gasteiger partial charge is 0.472 e. The predicted octanol–water partition coefficient (Wildman–Crippen LogP) is 5.84. The lowest BCUT2D eigenvalue weighted by Crippen LogP contribution is -2.31. The predicted molar refractivity (Wildman–Crippen MR) is 132 cm³/mol. The Balaban J connectivity index is 0.000000376. The molecule has 3 aromatic heterocycles. The first-order valence-corrected chi connectivity index (χ1v) is 11.3. The third-order valence-corrected chi connectivity index (χ3v) is 4.99. The van der Waals surface area contributed by atoms with E-state index in [0.29, 0.717) is 11.8 Å². The average Bonchev–Trinajstić information content (AvgIpc) is 3.44. The fourth-order valence-corrected chi connectivity index (χ4v) is 3.40. The maximum absolute atomic E-state index is 5.97. The van der Waals surface area contributed by atoms with Crippen molar-refractivity contribution < 1.29 is 9.15 Å². The van der Waals surface area contributed by atoms with Gasteiger partial charge in [0.05, 0.1) is 6.20 Å². The molecular weight excluding hydrogens is 412 g/mol. The summed E-state index contributed by atoms with van der Waals surface area (Å²) in [5, 5.41) is 9.07. The van der Waals surface area contributed by atoms with Crippen LogP contribution in [0.5, 0.6) is 5.88 Å². The summed E-state index contributed by atoms with van der Waals surface area (Å²) in [5.41, 5.74) is 2.40. The van der Waals surface area contributed by atoms with Crippen LogP contribution in [0.1, 0.15) is 20.8 Å². The van der Waals surface area contributed by atoms with Crippen molar-refractivity contribution in [2.75, 3.05) is 13.1 Å². The Morgan fingerprint density at radius 2 is 1.64 bits per heavy atom. The molecule has 1 unspecified atom stereocenters. The summed E-state index contributed by atoms with van der Waals surface area (Å²) in [4.78, 5) is 4.43. The lowest BCUT2D eigenvalue weighted by atomic mass is 10.2. The first-order valence-electron chi connectivity index (χ1n) is 11.3. The number of ether oxygens (including phenoxy) is 1. The Bertz CT molecular complexity index is 1220. The highest BCUT2D eigenvalue weighted by atomic mass is 16.5. The molecule has 6 heteroatoms. The molecule has 33 heavy (non-hydrogen) atoms. The number of nitrogens with one attached hydrogen (secondary N) is 1. The third-order valence-electron chi connectivity index (χ3n) is 4.99. The third kappa shape index (κ3) is 5.99. The van der Waals surface area contributed by atoms with Gasteiger partial charge in [0.15, 0.2) is 11.4 Å². The zero-order valence-corrected chi connectivity index (χ0v) is 19.3. The Morgan fingerprint density at radius 1 is 0.909 bits per heavy atom. The van der Waals surface area contributed by atoms with E-state index in [2.05, 4.69) is 29.2 Å². The number of hydrogen-bond acceptors (Lipinski definition) is 5. The molecule has 0 aliphatic rings. The second-order valence-electron chi connectivity index (χ2n) is 8.37. The van der Waals surface area contributed by atoms with Gasteiger partial charge in [-0.1, -0.05) is 68.4 Å². The molecular formula is C27H30N4O2. The summed E-state index contributed by atoms with van der Waals surface area (Å²) in [7, 11) is 0. The zero-order chi connectivity index (χ0) is 23.0. The Labute approximate surface area is 194 Å². The molecule has 6 nitrogen and oxygen atoms in total. The van der Waals surface area contributed by atoms with Crippen molar-refractivity contribution >= 4 is 16.6 Å². The van der Waals surface area contributed by atoms with Crippen molar-refractivity contribution in [1.82, 2.24) is 19.9 Å². The quantitative estimate of drug-likeness (QED) is 0.343. The lowest BCUT2D eigenvalue weighted by Gasteiger charge is -2.15. The molecule has 0 saturated heterocycles. The van der Waals surface area contributed by atoms with E-state index in [-0.39, 0.29) is 6.10 Å².